The van der Waals surface area contributed by atoms with Crippen molar-refractivity contribution >= 4 is 57.2 Å². The summed E-state index contributed by atoms with van der Waals surface area (Å²) in [5, 5.41) is 15.3. The van der Waals surface area contributed by atoms with E-state index in [0.29, 0.717) is 26.3 Å². The van der Waals surface area contributed by atoms with Crippen LogP contribution in [-0.4, -0.2) is 17.1 Å². The summed E-state index contributed by atoms with van der Waals surface area (Å²) in [5.41, 5.74) is 1.07. The van der Waals surface area contributed by atoms with Crippen LogP contribution in [0.5, 0.6) is 0 Å². The molecule has 2 rings (SSSR count). The molecule has 110 valence electrons. The van der Waals surface area contributed by atoms with Crippen LogP contribution >= 0.6 is 34.5 Å². The molecule has 0 aliphatic carbocycles. The van der Waals surface area contributed by atoms with Crippen molar-refractivity contribution in [3.8, 4) is 0 Å². The number of nitrogens with one attached hydrogen (secondary N) is 2. The molecule has 1 aromatic carbocycles. The molecule has 0 aliphatic rings. The van der Waals surface area contributed by atoms with Crippen LogP contribution in [0.4, 0.5) is 15.5 Å². The molecule has 0 saturated heterocycles. The lowest BCUT2D eigenvalue weighted by Gasteiger charge is -2.06. The molecular weight excluding hydrogens is 335 g/mol. The monoisotopic (exact) mass is 344 g/mol. The molecule has 0 spiro atoms. The number of carbonyl (C=O) groups excluding carboxylic acids is 1. The third kappa shape index (κ3) is 3.87. The zero-order chi connectivity index (χ0) is 15.6. The van der Waals surface area contributed by atoms with Crippen LogP contribution in [0.2, 0.25) is 10.0 Å². The number of amides is 2. The largest absolute Gasteiger partial charge is 0.477 e. The topological polar surface area (TPSA) is 78.4 Å². The van der Waals surface area contributed by atoms with E-state index in [-0.39, 0.29) is 4.88 Å². The molecule has 0 fully saturated rings. The minimum atomic E-state index is -1.02. The third-order valence-corrected chi connectivity index (χ3v) is 4.41. The molecule has 0 bridgehead atoms. The predicted molar refractivity (Wildman–Crippen MR) is 85.1 cm³/mol. The summed E-state index contributed by atoms with van der Waals surface area (Å²) in [6, 6.07) is 5.80. The Labute approximate surface area is 134 Å². The van der Waals surface area contributed by atoms with Gasteiger partial charge < -0.3 is 10.4 Å². The van der Waals surface area contributed by atoms with Crippen molar-refractivity contribution in [2.24, 2.45) is 0 Å². The highest BCUT2D eigenvalue weighted by Gasteiger charge is 2.13. The van der Waals surface area contributed by atoms with Crippen molar-refractivity contribution in [2.45, 2.75) is 6.92 Å². The highest BCUT2D eigenvalue weighted by Crippen LogP contribution is 2.27. The normalized spacial score (nSPS) is 10.2. The lowest BCUT2D eigenvalue weighted by atomic mass is 10.3. The lowest BCUT2D eigenvalue weighted by molar-refractivity contribution is 0.0701. The maximum absolute atomic E-state index is 11.8. The first-order valence-electron chi connectivity index (χ1n) is 5.73. The second-order valence-electron chi connectivity index (χ2n) is 4.14. The Kier molecular flexibility index (Phi) is 4.72. The van der Waals surface area contributed by atoms with Gasteiger partial charge in [-0.25, -0.2) is 9.59 Å². The Bertz CT molecular complexity index is 715. The number of aromatic carboxylic acids is 1. The standard InChI is InChI=1S/C13H10Cl2N2O3S/c1-6-4-10(21-11(6)12(18)19)17-13(20)16-7-2-3-8(14)9(15)5-7/h2-5H,1H3,(H,18,19)(H2,16,17,20). The number of anilines is 2. The summed E-state index contributed by atoms with van der Waals surface area (Å²) in [7, 11) is 0. The minimum absolute atomic E-state index is 0.194. The average Bonchev–Trinajstić information content (AvgIpc) is 2.75. The Morgan fingerprint density at radius 1 is 1.14 bits per heavy atom. The summed E-state index contributed by atoms with van der Waals surface area (Å²) in [4.78, 5) is 23.0. The zero-order valence-electron chi connectivity index (χ0n) is 10.7. The number of benzene rings is 1. The van der Waals surface area contributed by atoms with E-state index in [0.717, 1.165) is 11.3 Å². The maximum atomic E-state index is 11.8. The molecule has 0 saturated carbocycles. The predicted octanol–water partition coefficient (Wildman–Crippen LogP) is 4.71. The number of hydrogen-bond acceptors (Lipinski definition) is 3. The van der Waals surface area contributed by atoms with E-state index in [1.165, 1.54) is 6.07 Å². The van der Waals surface area contributed by atoms with Crippen molar-refractivity contribution in [3.05, 3.63) is 44.8 Å². The Morgan fingerprint density at radius 2 is 1.86 bits per heavy atom. The number of carboxylic acid groups (broad SMARTS) is 1. The highest BCUT2D eigenvalue weighted by atomic mass is 35.5. The van der Waals surface area contributed by atoms with E-state index in [1.54, 1.807) is 25.1 Å². The second kappa shape index (κ2) is 6.34. The van der Waals surface area contributed by atoms with Crippen LogP contribution in [-0.2, 0) is 0 Å². The molecule has 2 aromatic rings. The van der Waals surface area contributed by atoms with Crippen molar-refractivity contribution < 1.29 is 14.7 Å². The number of thiophene rings is 1. The van der Waals surface area contributed by atoms with Crippen LogP contribution in [0, 0.1) is 6.92 Å². The smallest absolute Gasteiger partial charge is 0.346 e. The number of hydrogen-bond donors (Lipinski definition) is 3. The van der Waals surface area contributed by atoms with Gasteiger partial charge >= 0.3 is 12.0 Å². The Hall–Kier alpha value is -1.76. The highest BCUT2D eigenvalue weighted by molar-refractivity contribution is 7.18. The van der Waals surface area contributed by atoms with E-state index < -0.39 is 12.0 Å². The summed E-state index contributed by atoms with van der Waals surface area (Å²) < 4.78 is 0. The summed E-state index contributed by atoms with van der Waals surface area (Å²) in [5.74, 6) is -1.02. The average molecular weight is 345 g/mol. The van der Waals surface area contributed by atoms with Crippen molar-refractivity contribution in [3.63, 3.8) is 0 Å². The molecule has 0 atom stereocenters. The fraction of sp³-hybridized carbons (Fsp3) is 0.0769. The van der Waals surface area contributed by atoms with Gasteiger partial charge in [0.05, 0.1) is 15.0 Å². The van der Waals surface area contributed by atoms with E-state index >= 15 is 0 Å². The van der Waals surface area contributed by atoms with Gasteiger partial charge in [0.1, 0.15) is 4.88 Å². The van der Waals surface area contributed by atoms with Crippen LogP contribution in [0.3, 0.4) is 0 Å². The van der Waals surface area contributed by atoms with Crippen LogP contribution in [0.25, 0.3) is 0 Å². The first kappa shape index (κ1) is 15.6. The van der Waals surface area contributed by atoms with Crippen molar-refractivity contribution in [2.75, 3.05) is 10.6 Å². The fourth-order valence-electron chi connectivity index (χ4n) is 1.60. The number of halogens is 2. The van der Waals surface area contributed by atoms with Gasteiger partial charge in [0.2, 0.25) is 0 Å². The molecule has 1 aromatic heterocycles. The van der Waals surface area contributed by atoms with Gasteiger partial charge in [-0.15, -0.1) is 11.3 Å². The zero-order valence-corrected chi connectivity index (χ0v) is 13.1. The van der Waals surface area contributed by atoms with Gasteiger partial charge in [-0.3, -0.25) is 5.32 Å². The minimum Gasteiger partial charge on any atom is -0.477 e. The first-order chi connectivity index (χ1) is 9.86. The van der Waals surface area contributed by atoms with E-state index in [4.69, 9.17) is 28.3 Å². The molecular formula is C13H10Cl2N2O3S. The number of rotatable bonds is 3. The SMILES string of the molecule is Cc1cc(NC(=O)Nc2ccc(Cl)c(Cl)c2)sc1C(=O)O. The number of carbonyl (C=O) groups is 2. The third-order valence-electron chi connectivity index (χ3n) is 2.53. The van der Waals surface area contributed by atoms with Crippen LogP contribution in [0.15, 0.2) is 24.3 Å². The molecule has 0 radical (unpaired) electrons. The number of urea groups is 1. The molecule has 3 N–H and O–H groups in total. The molecule has 2 amide bonds. The van der Waals surface area contributed by atoms with Gasteiger partial charge in [0, 0.05) is 5.69 Å². The van der Waals surface area contributed by atoms with E-state index in [9.17, 15) is 9.59 Å². The molecule has 8 heteroatoms. The Balaban J connectivity index is 2.06. The Morgan fingerprint density at radius 3 is 2.43 bits per heavy atom. The van der Waals surface area contributed by atoms with Gasteiger partial charge in [0.15, 0.2) is 0 Å². The maximum Gasteiger partial charge on any atom is 0.346 e. The van der Waals surface area contributed by atoms with E-state index in [1.807, 2.05) is 0 Å². The molecule has 21 heavy (non-hydrogen) atoms. The van der Waals surface area contributed by atoms with Crippen molar-refractivity contribution in [1.82, 2.24) is 0 Å². The van der Waals surface area contributed by atoms with Crippen LogP contribution in [0.1, 0.15) is 15.2 Å². The first-order valence-corrected chi connectivity index (χ1v) is 7.31. The van der Waals surface area contributed by atoms with E-state index in [2.05, 4.69) is 10.6 Å². The summed E-state index contributed by atoms with van der Waals surface area (Å²) >= 11 is 12.6. The van der Waals surface area contributed by atoms with Gasteiger partial charge in [-0.05, 0) is 36.8 Å². The summed E-state index contributed by atoms with van der Waals surface area (Å²) in [6.45, 7) is 1.67. The second-order valence-corrected chi connectivity index (χ2v) is 6.00. The summed E-state index contributed by atoms with van der Waals surface area (Å²) in [6.07, 6.45) is 0. The molecule has 0 unspecified atom stereocenters. The van der Waals surface area contributed by atoms with Gasteiger partial charge in [0.25, 0.3) is 0 Å². The number of aryl methyl sites for hydroxylation is 1. The molecule has 0 aliphatic heterocycles. The van der Waals surface area contributed by atoms with Gasteiger partial charge in [-0.2, -0.15) is 0 Å². The number of carboxylic acids is 1. The van der Waals surface area contributed by atoms with Crippen molar-refractivity contribution in [1.29, 1.82) is 0 Å². The molecule has 1 heterocycles. The van der Waals surface area contributed by atoms with Gasteiger partial charge in [-0.1, -0.05) is 23.2 Å². The quantitative estimate of drug-likeness (QED) is 0.754. The fourth-order valence-corrected chi connectivity index (χ4v) is 2.81. The lowest BCUT2D eigenvalue weighted by Crippen LogP contribution is -2.18. The van der Waals surface area contributed by atoms with Crippen LogP contribution < -0.4 is 10.6 Å². The molecule has 5 nitrogen and oxygen atoms in total.